The van der Waals surface area contributed by atoms with Crippen molar-refractivity contribution in [3.8, 4) is 0 Å². The summed E-state index contributed by atoms with van der Waals surface area (Å²) in [5.41, 5.74) is -0.151. The Morgan fingerprint density at radius 1 is 1.40 bits per heavy atom. The molecule has 6 heteroatoms. The van der Waals surface area contributed by atoms with E-state index in [1.807, 2.05) is 20.8 Å². The molecular formula is C14H25N3O3. The molecule has 0 amide bonds. The van der Waals surface area contributed by atoms with Gasteiger partial charge in [-0.3, -0.25) is 10.1 Å². The van der Waals surface area contributed by atoms with Crippen LogP contribution in [0.4, 0.5) is 0 Å². The summed E-state index contributed by atoms with van der Waals surface area (Å²) >= 11 is 0. The smallest absolute Gasteiger partial charge is 0.322 e. The van der Waals surface area contributed by atoms with Crippen molar-refractivity contribution in [1.29, 1.82) is 0 Å². The second-order valence-corrected chi connectivity index (χ2v) is 6.35. The number of hydrogen-bond donors (Lipinski definition) is 1. The molecule has 0 aliphatic heterocycles. The number of carbonyl (C=O) groups excluding carboxylic acids is 1. The Labute approximate surface area is 120 Å². The molecule has 1 atom stereocenters. The highest BCUT2D eigenvalue weighted by atomic mass is 16.5. The highest BCUT2D eigenvalue weighted by Gasteiger charge is 2.23. The minimum Gasteiger partial charge on any atom is -0.468 e. The predicted octanol–water partition coefficient (Wildman–Crippen LogP) is 2.04. The van der Waals surface area contributed by atoms with Crippen LogP contribution in [0.15, 0.2) is 4.52 Å². The lowest BCUT2D eigenvalue weighted by molar-refractivity contribution is -0.143. The summed E-state index contributed by atoms with van der Waals surface area (Å²) in [7, 11) is 1.39. The Bertz CT molecular complexity index is 435. The fourth-order valence-electron chi connectivity index (χ4n) is 1.72. The molecule has 0 bridgehead atoms. The van der Waals surface area contributed by atoms with Crippen molar-refractivity contribution in [2.75, 3.05) is 7.11 Å². The first-order valence-electron chi connectivity index (χ1n) is 6.88. The third kappa shape index (κ3) is 4.92. The van der Waals surface area contributed by atoms with Gasteiger partial charge in [0.25, 0.3) is 0 Å². The highest BCUT2D eigenvalue weighted by molar-refractivity contribution is 5.75. The lowest BCUT2D eigenvalue weighted by Gasteiger charge is -2.17. The first kappa shape index (κ1) is 16.6. The van der Waals surface area contributed by atoms with E-state index in [0.29, 0.717) is 30.6 Å². The van der Waals surface area contributed by atoms with Gasteiger partial charge in [0.2, 0.25) is 5.89 Å². The number of ether oxygens (including phenoxy) is 1. The Morgan fingerprint density at radius 3 is 2.50 bits per heavy atom. The van der Waals surface area contributed by atoms with Crippen LogP contribution in [0.1, 0.15) is 52.8 Å². The molecule has 1 heterocycles. The lowest BCUT2D eigenvalue weighted by Crippen LogP contribution is -2.38. The van der Waals surface area contributed by atoms with Gasteiger partial charge in [-0.25, -0.2) is 0 Å². The van der Waals surface area contributed by atoms with Crippen LogP contribution in [0.3, 0.4) is 0 Å². The maximum atomic E-state index is 11.7. The van der Waals surface area contributed by atoms with Crippen LogP contribution in [-0.4, -0.2) is 29.3 Å². The van der Waals surface area contributed by atoms with Crippen molar-refractivity contribution in [1.82, 2.24) is 15.5 Å². The molecule has 20 heavy (non-hydrogen) atoms. The third-order valence-electron chi connectivity index (χ3n) is 2.83. The zero-order valence-corrected chi connectivity index (χ0v) is 13.2. The molecule has 0 aliphatic rings. The molecule has 1 unspecified atom stereocenters. The monoisotopic (exact) mass is 283 g/mol. The fraction of sp³-hybridized carbons (Fsp3) is 0.786. The molecule has 0 spiro atoms. The summed E-state index contributed by atoms with van der Waals surface area (Å²) in [4.78, 5) is 16.0. The van der Waals surface area contributed by atoms with Gasteiger partial charge < -0.3 is 9.26 Å². The van der Waals surface area contributed by atoms with Crippen LogP contribution >= 0.6 is 0 Å². The molecule has 1 N–H and O–H groups in total. The fourth-order valence-corrected chi connectivity index (χ4v) is 1.72. The maximum absolute atomic E-state index is 11.7. The van der Waals surface area contributed by atoms with Crippen LogP contribution in [0.25, 0.3) is 0 Å². The van der Waals surface area contributed by atoms with E-state index in [0.717, 1.165) is 0 Å². The van der Waals surface area contributed by atoms with Crippen LogP contribution in [0, 0.1) is 5.92 Å². The zero-order chi connectivity index (χ0) is 15.3. The molecule has 0 saturated carbocycles. The van der Waals surface area contributed by atoms with Crippen LogP contribution in [0.2, 0.25) is 0 Å². The average molecular weight is 283 g/mol. The van der Waals surface area contributed by atoms with Gasteiger partial charge in [-0.05, 0) is 12.3 Å². The van der Waals surface area contributed by atoms with Crippen molar-refractivity contribution in [2.45, 2.75) is 59.0 Å². The van der Waals surface area contributed by atoms with E-state index in [1.165, 1.54) is 7.11 Å². The molecule has 1 aromatic heterocycles. The first-order valence-corrected chi connectivity index (χ1v) is 6.88. The normalized spacial score (nSPS) is 13.6. The van der Waals surface area contributed by atoms with Crippen LogP contribution < -0.4 is 5.32 Å². The molecule has 1 rings (SSSR count). The summed E-state index contributed by atoms with van der Waals surface area (Å²) in [6, 6.07) is -0.356. The molecule has 6 nitrogen and oxygen atoms in total. The number of esters is 1. The van der Waals surface area contributed by atoms with Gasteiger partial charge in [-0.2, -0.15) is 4.98 Å². The quantitative estimate of drug-likeness (QED) is 0.805. The predicted molar refractivity (Wildman–Crippen MR) is 75.1 cm³/mol. The van der Waals surface area contributed by atoms with Gasteiger partial charge in [0, 0.05) is 5.41 Å². The Kier molecular flexibility index (Phi) is 5.68. The van der Waals surface area contributed by atoms with E-state index in [1.54, 1.807) is 0 Å². The molecule has 0 aliphatic carbocycles. The minimum atomic E-state index is -0.356. The van der Waals surface area contributed by atoms with Crippen molar-refractivity contribution >= 4 is 5.97 Å². The molecule has 114 valence electrons. The van der Waals surface area contributed by atoms with Crippen molar-refractivity contribution in [3.63, 3.8) is 0 Å². The number of nitrogens with one attached hydrogen (secondary N) is 1. The van der Waals surface area contributed by atoms with E-state index in [4.69, 9.17) is 9.26 Å². The van der Waals surface area contributed by atoms with E-state index < -0.39 is 0 Å². The SMILES string of the molecule is COC(=O)C(CC(C)C)NCc1nc(C(C)(C)C)no1. The standard InChI is InChI=1S/C14H25N3O3/c1-9(2)7-10(12(18)19-6)15-8-11-16-13(17-20-11)14(3,4)5/h9-10,15H,7-8H2,1-6H3. The summed E-state index contributed by atoms with van der Waals surface area (Å²) < 4.78 is 9.98. The molecular weight excluding hydrogens is 258 g/mol. The highest BCUT2D eigenvalue weighted by Crippen LogP contribution is 2.18. The minimum absolute atomic E-state index is 0.151. The summed E-state index contributed by atoms with van der Waals surface area (Å²) in [5, 5.41) is 7.06. The van der Waals surface area contributed by atoms with E-state index >= 15 is 0 Å². The lowest BCUT2D eigenvalue weighted by atomic mass is 9.96. The Hall–Kier alpha value is -1.43. The topological polar surface area (TPSA) is 77.2 Å². The second kappa shape index (κ2) is 6.83. The van der Waals surface area contributed by atoms with Crippen LogP contribution in [0.5, 0.6) is 0 Å². The largest absolute Gasteiger partial charge is 0.468 e. The van der Waals surface area contributed by atoms with Gasteiger partial charge in [-0.1, -0.05) is 39.8 Å². The summed E-state index contributed by atoms with van der Waals surface area (Å²) in [6.07, 6.45) is 0.701. The van der Waals surface area contributed by atoms with E-state index in [-0.39, 0.29) is 17.4 Å². The second-order valence-electron chi connectivity index (χ2n) is 6.35. The van der Waals surface area contributed by atoms with Gasteiger partial charge in [-0.15, -0.1) is 0 Å². The molecule has 0 fully saturated rings. The van der Waals surface area contributed by atoms with Gasteiger partial charge >= 0.3 is 5.97 Å². The Balaban J connectivity index is 2.63. The van der Waals surface area contributed by atoms with Gasteiger partial charge in [0.05, 0.1) is 13.7 Å². The van der Waals surface area contributed by atoms with Crippen LogP contribution in [-0.2, 0) is 21.5 Å². The summed E-state index contributed by atoms with van der Waals surface area (Å²) in [6.45, 7) is 10.5. The number of methoxy groups -OCH3 is 1. The number of hydrogen-bond acceptors (Lipinski definition) is 6. The molecule has 0 radical (unpaired) electrons. The van der Waals surface area contributed by atoms with Gasteiger partial charge in [0.15, 0.2) is 5.82 Å². The van der Waals surface area contributed by atoms with Gasteiger partial charge in [0.1, 0.15) is 6.04 Å². The van der Waals surface area contributed by atoms with E-state index in [2.05, 4.69) is 29.3 Å². The average Bonchev–Trinajstić information content (AvgIpc) is 2.81. The molecule has 0 saturated heterocycles. The summed E-state index contributed by atoms with van der Waals surface area (Å²) in [5.74, 6) is 1.26. The molecule has 1 aromatic rings. The van der Waals surface area contributed by atoms with Crippen molar-refractivity contribution < 1.29 is 14.1 Å². The number of aromatic nitrogens is 2. The zero-order valence-electron chi connectivity index (χ0n) is 13.2. The molecule has 0 aromatic carbocycles. The first-order chi connectivity index (χ1) is 9.24. The maximum Gasteiger partial charge on any atom is 0.322 e. The number of carbonyl (C=O) groups is 1. The number of nitrogens with zero attached hydrogens (tertiary/aromatic N) is 2. The van der Waals surface area contributed by atoms with Crippen molar-refractivity contribution in [2.24, 2.45) is 5.92 Å². The third-order valence-corrected chi connectivity index (χ3v) is 2.83. The number of rotatable bonds is 6. The van der Waals surface area contributed by atoms with Crippen molar-refractivity contribution in [3.05, 3.63) is 11.7 Å². The van der Waals surface area contributed by atoms with E-state index in [9.17, 15) is 4.79 Å². The Morgan fingerprint density at radius 2 is 2.05 bits per heavy atom.